The molecule has 0 amide bonds. The molecular formula is C10H9BrClN. The summed E-state index contributed by atoms with van der Waals surface area (Å²) in [5, 5.41) is 8.84. The van der Waals surface area contributed by atoms with E-state index in [4.69, 9.17) is 16.9 Å². The molecule has 0 saturated heterocycles. The second-order valence-corrected chi connectivity index (χ2v) is 3.90. The van der Waals surface area contributed by atoms with E-state index in [1.54, 1.807) is 0 Å². The molecule has 1 aromatic rings. The SMILES string of the molecule is N#Cc1cccc(Br)c1CCCCl. The molecule has 0 radical (unpaired) electrons. The molecule has 0 aromatic heterocycles. The lowest BCUT2D eigenvalue weighted by atomic mass is 10.0. The number of nitrogens with zero attached hydrogens (tertiary/aromatic N) is 1. The first kappa shape index (κ1) is 10.6. The Morgan fingerprint density at radius 3 is 2.85 bits per heavy atom. The van der Waals surface area contributed by atoms with Crippen LogP contribution in [0.25, 0.3) is 0 Å². The third-order valence-electron chi connectivity index (χ3n) is 1.80. The van der Waals surface area contributed by atoms with Crippen LogP contribution in [0.3, 0.4) is 0 Å². The van der Waals surface area contributed by atoms with Crippen LogP contribution in [0.5, 0.6) is 0 Å². The molecule has 0 atom stereocenters. The van der Waals surface area contributed by atoms with E-state index >= 15 is 0 Å². The van der Waals surface area contributed by atoms with Crippen molar-refractivity contribution in [3.63, 3.8) is 0 Å². The van der Waals surface area contributed by atoms with E-state index < -0.39 is 0 Å². The summed E-state index contributed by atoms with van der Waals surface area (Å²) in [6.07, 6.45) is 1.76. The number of rotatable bonds is 3. The van der Waals surface area contributed by atoms with Gasteiger partial charge in [0.15, 0.2) is 0 Å². The standard InChI is InChI=1S/C10H9BrClN/c11-10-5-1-3-8(7-13)9(10)4-2-6-12/h1,3,5H,2,4,6H2. The first-order chi connectivity index (χ1) is 6.29. The van der Waals surface area contributed by atoms with Crippen molar-refractivity contribution in [3.05, 3.63) is 33.8 Å². The molecule has 13 heavy (non-hydrogen) atoms. The Morgan fingerprint density at radius 1 is 1.46 bits per heavy atom. The molecule has 0 unspecified atom stereocenters. The summed E-state index contributed by atoms with van der Waals surface area (Å²) in [5.41, 5.74) is 1.80. The minimum atomic E-state index is 0.631. The molecule has 0 aliphatic rings. The van der Waals surface area contributed by atoms with Gasteiger partial charge in [-0.2, -0.15) is 5.26 Å². The molecule has 0 bridgehead atoms. The monoisotopic (exact) mass is 257 g/mol. The van der Waals surface area contributed by atoms with Crippen LogP contribution in [0.2, 0.25) is 0 Å². The lowest BCUT2D eigenvalue weighted by molar-refractivity contribution is 0.920. The fourth-order valence-corrected chi connectivity index (χ4v) is 1.86. The summed E-state index contributed by atoms with van der Waals surface area (Å²) in [6.45, 7) is 0. The molecule has 0 aliphatic heterocycles. The number of nitriles is 1. The summed E-state index contributed by atoms with van der Waals surface area (Å²) in [4.78, 5) is 0. The minimum absolute atomic E-state index is 0.631. The highest BCUT2D eigenvalue weighted by Crippen LogP contribution is 2.21. The first-order valence-electron chi connectivity index (χ1n) is 4.03. The zero-order valence-corrected chi connectivity index (χ0v) is 9.40. The van der Waals surface area contributed by atoms with Crippen LogP contribution in [0.1, 0.15) is 17.5 Å². The Balaban J connectivity index is 2.95. The molecule has 0 fully saturated rings. The van der Waals surface area contributed by atoms with Crippen LogP contribution in [-0.2, 0) is 6.42 Å². The summed E-state index contributed by atoms with van der Waals surface area (Å²) in [6, 6.07) is 7.82. The second-order valence-electron chi connectivity index (χ2n) is 2.67. The predicted octanol–water partition coefficient (Wildman–Crippen LogP) is 3.49. The zero-order valence-electron chi connectivity index (χ0n) is 7.06. The lowest BCUT2D eigenvalue weighted by Crippen LogP contribution is -1.92. The number of benzene rings is 1. The first-order valence-corrected chi connectivity index (χ1v) is 5.35. The van der Waals surface area contributed by atoms with E-state index in [-0.39, 0.29) is 0 Å². The number of hydrogen-bond donors (Lipinski definition) is 0. The van der Waals surface area contributed by atoms with E-state index in [1.807, 2.05) is 18.2 Å². The predicted molar refractivity (Wildman–Crippen MR) is 57.9 cm³/mol. The average Bonchev–Trinajstić information content (AvgIpc) is 2.15. The fraction of sp³-hybridized carbons (Fsp3) is 0.300. The fourth-order valence-electron chi connectivity index (χ4n) is 1.16. The van der Waals surface area contributed by atoms with Gasteiger partial charge < -0.3 is 0 Å². The Bertz CT molecular complexity index is 330. The van der Waals surface area contributed by atoms with Gasteiger partial charge >= 0.3 is 0 Å². The molecule has 1 aromatic carbocycles. The minimum Gasteiger partial charge on any atom is -0.192 e. The third-order valence-corrected chi connectivity index (χ3v) is 2.81. The molecule has 1 rings (SSSR count). The van der Waals surface area contributed by atoms with Crippen molar-refractivity contribution in [3.8, 4) is 6.07 Å². The summed E-state index contributed by atoms with van der Waals surface area (Å²) in [5.74, 6) is 0.631. The van der Waals surface area contributed by atoms with Crippen LogP contribution in [0, 0.1) is 11.3 Å². The summed E-state index contributed by atoms with van der Waals surface area (Å²) < 4.78 is 0.997. The van der Waals surface area contributed by atoms with Crippen molar-refractivity contribution in [1.82, 2.24) is 0 Å². The molecule has 0 spiro atoms. The number of hydrogen-bond acceptors (Lipinski definition) is 1. The summed E-state index contributed by atoms with van der Waals surface area (Å²) >= 11 is 9.02. The zero-order chi connectivity index (χ0) is 9.68. The topological polar surface area (TPSA) is 23.8 Å². The molecule has 3 heteroatoms. The average molecular weight is 259 g/mol. The Kier molecular flexibility index (Phi) is 4.27. The van der Waals surface area contributed by atoms with Crippen molar-refractivity contribution < 1.29 is 0 Å². The van der Waals surface area contributed by atoms with Gasteiger partial charge in [-0.25, -0.2) is 0 Å². The van der Waals surface area contributed by atoms with Gasteiger partial charge in [0.25, 0.3) is 0 Å². The Hall–Kier alpha value is -0.520. The van der Waals surface area contributed by atoms with Crippen LogP contribution in [0.4, 0.5) is 0 Å². The molecule has 0 N–H and O–H groups in total. The van der Waals surface area contributed by atoms with Crippen molar-refractivity contribution >= 4 is 27.5 Å². The quantitative estimate of drug-likeness (QED) is 0.761. The molecule has 0 heterocycles. The maximum Gasteiger partial charge on any atom is 0.0994 e. The molecule has 0 aliphatic carbocycles. The van der Waals surface area contributed by atoms with Gasteiger partial charge in [-0.15, -0.1) is 11.6 Å². The molecular weight excluding hydrogens is 249 g/mol. The second kappa shape index (κ2) is 5.26. The van der Waals surface area contributed by atoms with Crippen molar-refractivity contribution in [2.45, 2.75) is 12.8 Å². The maximum absolute atomic E-state index is 8.84. The Labute approximate surface area is 91.5 Å². The van der Waals surface area contributed by atoms with Gasteiger partial charge in [0.05, 0.1) is 11.6 Å². The van der Waals surface area contributed by atoms with Gasteiger partial charge in [0.1, 0.15) is 0 Å². The van der Waals surface area contributed by atoms with Crippen LogP contribution >= 0.6 is 27.5 Å². The highest BCUT2D eigenvalue weighted by Gasteiger charge is 2.04. The highest BCUT2D eigenvalue weighted by molar-refractivity contribution is 9.10. The van der Waals surface area contributed by atoms with Crippen molar-refractivity contribution in [2.24, 2.45) is 0 Å². The van der Waals surface area contributed by atoms with Gasteiger partial charge in [0, 0.05) is 10.4 Å². The lowest BCUT2D eigenvalue weighted by Gasteiger charge is -2.04. The maximum atomic E-state index is 8.84. The molecule has 0 saturated carbocycles. The molecule has 68 valence electrons. The van der Waals surface area contributed by atoms with Crippen molar-refractivity contribution in [2.75, 3.05) is 5.88 Å². The number of alkyl halides is 1. The Morgan fingerprint density at radius 2 is 2.23 bits per heavy atom. The van der Waals surface area contributed by atoms with E-state index in [9.17, 15) is 0 Å². The normalized spacial score (nSPS) is 9.62. The van der Waals surface area contributed by atoms with E-state index in [1.165, 1.54) is 0 Å². The van der Waals surface area contributed by atoms with Crippen LogP contribution in [0.15, 0.2) is 22.7 Å². The van der Waals surface area contributed by atoms with Gasteiger partial charge in [0.2, 0.25) is 0 Å². The van der Waals surface area contributed by atoms with Gasteiger partial charge in [-0.3, -0.25) is 0 Å². The van der Waals surface area contributed by atoms with Crippen LogP contribution in [-0.4, -0.2) is 5.88 Å². The highest BCUT2D eigenvalue weighted by atomic mass is 79.9. The van der Waals surface area contributed by atoms with E-state index in [0.717, 1.165) is 28.4 Å². The van der Waals surface area contributed by atoms with Crippen molar-refractivity contribution in [1.29, 1.82) is 5.26 Å². The third kappa shape index (κ3) is 2.72. The van der Waals surface area contributed by atoms with E-state index in [2.05, 4.69) is 22.0 Å². The van der Waals surface area contributed by atoms with Crippen LogP contribution < -0.4 is 0 Å². The number of halogens is 2. The van der Waals surface area contributed by atoms with Gasteiger partial charge in [-0.1, -0.05) is 22.0 Å². The van der Waals surface area contributed by atoms with E-state index in [0.29, 0.717) is 5.88 Å². The largest absolute Gasteiger partial charge is 0.192 e. The summed E-state index contributed by atoms with van der Waals surface area (Å²) in [7, 11) is 0. The van der Waals surface area contributed by atoms with Gasteiger partial charge in [-0.05, 0) is 30.5 Å². The molecule has 1 nitrogen and oxygen atoms in total. The smallest absolute Gasteiger partial charge is 0.0994 e.